The molecular weight excluding hydrogens is 280 g/mol. The number of aromatic carboxylic acids is 1. The first-order valence-electron chi connectivity index (χ1n) is 6.74. The van der Waals surface area contributed by atoms with Gasteiger partial charge in [0.1, 0.15) is 5.69 Å². The lowest BCUT2D eigenvalue weighted by atomic mass is 10.1. The van der Waals surface area contributed by atoms with E-state index in [1.807, 2.05) is 30.3 Å². The Morgan fingerprint density at radius 3 is 2.86 bits per heavy atom. The second kappa shape index (κ2) is 6.09. The van der Waals surface area contributed by atoms with Crippen LogP contribution in [0.5, 0.6) is 0 Å². The van der Waals surface area contributed by atoms with Crippen molar-refractivity contribution in [1.82, 2.24) is 15.2 Å². The van der Waals surface area contributed by atoms with Crippen molar-refractivity contribution in [2.75, 3.05) is 5.32 Å². The maximum Gasteiger partial charge on any atom is 0.354 e. The molecule has 0 amide bonds. The molecule has 22 heavy (non-hydrogen) atoms. The molecular formula is C16H14N4O2. The second-order valence-corrected chi connectivity index (χ2v) is 4.76. The summed E-state index contributed by atoms with van der Waals surface area (Å²) in [6, 6.07) is 13.2. The fraction of sp³-hybridized carbons (Fsp3) is 0.0625. The minimum atomic E-state index is -1.02. The molecule has 0 bridgehead atoms. The van der Waals surface area contributed by atoms with E-state index < -0.39 is 5.97 Å². The second-order valence-electron chi connectivity index (χ2n) is 4.76. The Kier molecular flexibility index (Phi) is 3.82. The molecule has 0 aliphatic carbocycles. The highest BCUT2D eigenvalue weighted by molar-refractivity contribution is 5.85. The number of nitrogens with zero attached hydrogens (tertiary/aromatic N) is 2. The Labute approximate surface area is 126 Å². The lowest BCUT2D eigenvalue weighted by Crippen LogP contribution is -2.04. The summed E-state index contributed by atoms with van der Waals surface area (Å²) in [7, 11) is 0. The summed E-state index contributed by atoms with van der Waals surface area (Å²) in [5.74, 6) is -1.02. The minimum Gasteiger partial charge on any atom is -0.477 e. The molecule has 6 nitrogen and oxygen atoms in total. The van der Waals surface area contributed by atoms with Crippen LogP contribution in [0.4, 0.5) is 5.69 Å². The number of rotatable bonds is 5. The molecule has 0 saturated heterocycles. The van der Waals surface area contributed by atoms with Crippen molar-refractivity contribution in [1.29, 1.82) is 0 Å². The molecule has 0 saturated carbocycles. The zero-order valence-electron chi connectivity index (χ0n) is 11.7. The van der Waals surface area contributed by atoms with Crippen molar-refractivity contribution in [2.24, 2.45) is 0 Å². The topological polar surface area (TPSA) is 90.9 Å². The molecule has 0 spiro atoms. The number of anilines is 1. The first-order valence-corrected chi connectivity index (χ1v) is 6.74. The largest absolute Gasteiger partial charge is 0.477 e. The molecule has 2 heterocycles. The van der Waals surface area contributed by atoms with Crippen LogP contribution >= 0.6 is 0 Å². The number of nitrogens with one attached hydrogen (secondary N) is 2. The average molecular weight is 294 g/mol. The SMILES string of the molecule is O=C(O)c1cc(CNc2cccc(-c3ccn[nH]3)c2)ccn1. The van der Waals surface area contributed by atoms with Gasteiger partial charge in [-0.1, -0.05) is 12.1 Å². The molecule has 1 aromatic carbocycles. The van der Waals surface area contributed by atoms with Crippen molar-refractivity contribution in [3.63, 3.8) is 0 Å². The van der Waals surface area contributed by atoms with Crippen LogP contribution in [0.3, 0.4) is 0 Å². The third-order valence-electron chi connectivity index (χ3n) is 3.21. The summed E-state index contributed by atoms with van der Waals surface area (Å²) in [5.41, 5.74) is 3.83. The van der Waals surface area contributed by atoms with E-state index in [0.717, 1.165) is 22.5 Å². The molecule has 0 aliphatic rings. The Hall–Kier alpha value is -3.15. The quantitative estimate of drug-likeness (QED) is 0.673. The predicted molar refractivity (Wildman–Crippen MR) is 82.5 cm³/mol. The van der Waals surface area contributed by atoms with Crippen molar-refractivity contribution >= 4 is 11.7 Å². The first-order chi connectivity index (χ1) is 10.7. The average Bonchev–Trinajstić information content (AvgIpc) is 3.08. The molecule has 6 heteroatoms. The van der Waals surface area contributed by atoms with Gasteiger partial charge in [0.05, 0.1) is 5.69 Å². The molecule has 0 atom stereocenters. The van der Waals surface area contributed by atoms with E-state index in [1.165, 1.54) is 6.20 Å². The summed E-state index contributed by atoms with van der Waals surface area (Å²) in [6.07, 6.45) is 3.21. The fourth-order valence-electron chi connectivity index (χ4n) is 2.12. The number of carboxylic acid groups (broad SMARTS) is 1. The lowest BCUT2D eigenvalue weighted by molar-refractivity contribution is 0.0690. The van der Waals surface area contributed by atoms with Crippen LogP contribution in [-0.2, 0) is 6.54 Å². The van der Waals surface area contributed by atoms with Crippen LogP contribution in [-0.4, -0.2) is 26.3 Å². The maximum absolute atomic E-state index is 10.9. The molecule has 0 unspecified atom stereocenters. The number of hydrogen-bond donors (Lipinski definition) is 3. The lowest BCUT2D eigenvalue weighted by Gasteiger charge is -2.08. The number of H-pyrrole nitrogens is 1. The van der Waals surface area contributed by atoms with E-state index in [1.54, 1.807) is 18.3 Å². The number of aromatic amines is 1. The van der Waals surface area contributed by atoms with E-state index in [4.69, 9.17) is 5.11 Å². The van der Waals surface area contributed by atoms with Crippen molar-refractivity contribution in [3.8, 4) is 11.3 Å². The van der Waals surface area contributed by atoms with Gasteiger partial charge in [0.15, 0.2) is 0 Å². The summed E-state index contributed by atoms with van der Waals surface area (Å²) >= 11 is 0. The van der Waals surface area contributed by atoms with E-state index in [0.29, 0.717) is 6.54 Å². The molecule has 2 aromatic heterocycles. The molecule has 3 N–H and O–H groups in total. The fourth-order valence-corrected chi connectivity index (χ4v) is 2.12. The summed E-state index contributed by atoms with van der Waals surface area (Å²) in [4.78, 5) is 14.7. The number of benzene rings is 1. The number of hydrogen-bond acceptors (Lipinski definition) is 4. The van der Waals surface area contributed by atoms with Gasteiger partial charge >= 0.3 is 5.97 Å². The van der Waals surface area contributed by atoms with Gasteiger partial charge in [0.25, 0.3) is 0 Å². The highest BCUT2D eigenvalue weighted by atomic mass is 16.4. The van der Waals surface area contributed by atoms with Gasteiger partial charge in [-0.25, -0.2) is 9.78 Å². The minimum absolute atomic E-state index is 0.0468. The van der Waals surface area contributed by atoms with Crippen LogP contribution in [0, 0.1) is 0 Å². The van der Waals surface area contributed by atoms with Gasteiger partial charge in [0, 0.05) is 30.2 Å². The summed E-state index contributed by atoms with van der Waals surface area (Å²) in [6.45, 7) is 0.523. The zero-order chi connectivity index (χ0) is 15.4. The van der Waals surface area contributed by atoms with Gasteiger partial charge in [0.2, 0.25) is 0 Å². The van der Waals surface area contributed by atoms with E-state index >= 15 is 0 Å². The predicted octanol–water partition coefficient (Wildman–Crippen LogP) is 2.78. The van der Waals surface area contributed by atoms with E-state index in [2.05, 4.69) is 20.5 Å². The summed E-state index contributed by atoms with van der Waals surface area (Å²) in [5, 5.41) is 19.1. The first kappa shape index (κ1) is 13.8. The number of carbonyl (C=O) groups is 1. The summed E-state index contributed by atoms with van der Waals surface area (Å²) < 4.78 is 0. The van der Waals surface area contributed by atoms with Gasteiger partial charge < -0.3 is 10.4 Å². The third kappa shape index (κ3) is 3.12. The van der Waals surface area contributed by atoms with Gasteiger partial charge in [-0.2, -0.15) is 5.10 Å². The van der Waals surface area contributed by atoms with Crippen LogP contribution in [0.25, 0.3) is 11.3 Å². The Morgan fingerprint density at radius 1 is 1.18 bits per heavy atom. The van der Waals surface area contributed by atoms with Crippen molar-refractivity contribution < 1.29 is 9.90 Å². The number of carboxylic acids is 1. The number of aromatic nitrogens is 3. The van der Waals surface area contributed by atoms with Crippen LogP contribution in [0.15, 0.2) is 54.9 Å². The molecule has 3 aromatic rings. The van der Waals surface area contributed by atoms with Crippen LogP contribution in [0.2, 0.25) is 0 Å². The molecule has 110 valence electrons. The van der Waals surface area contributed by atoms with Crippen LogP contribution in [0.1, 0.15) is 16.1 Å². The van der Waals surface area contributed by atoms with Crippen molar-refractivity contribution in [3.05, 3.63) is 66.1 Å². The molecule has 3 rings (SSSR count). The van der Waals surface area contributed by atoms with E-state index in [9.17, 15) is 4.79 Å². The van der Waals surface area contributed by atoms with E-state index in [-0.39, 0.29) is 5.69 Å². The smallest absolute Gasteiger partial charge is 0.354 e. The molecule has 0 aliphatic heterocycles. The van der Waals surface area contributed by atoms with Gasteiger partial charge in [-0.3, -0.25) is 5.10 Å². The van der Waals surface area contributed by atoms with Crippen LogP contribution < -0.4 is 5.32 Å². The zero-order valence-corrected chi connectivity index (χ0v) is 11.7. The van der Waals surface area contributed by atoms with Crippen molar-refractivity contribution in [2.45, 2.75) is 6.54 Å². The standard InChI is InChI=1S/C16H14N4O2/c21-16(22)15-8-11(4-6-17-15)10-18-13-3-1-2-12(9-13)14-5-7-19-20-14/h1-9,18H,10H2,(H,19,20)(H,21,22). The Bertz CT molecular complexity index is 784. The maximum atomic E-state index is 10.9. The highest BCUT2D eigenvalue weighted by Gasteiger charge is 2.05. The Morgan fingerprint density at radius 2 is 2.09 bits per heavy atom. The monoisotopic (exact) mass is 294 g/mol. The highest BCUT2D eigenvalue weighted by Crippen LogP contribution is 2.20. The Balaban J connectivity index is 1.73. The molecule has 0 radical (unpaired) electrons. The third-order valence-corrected chi connectivity index (χ3v) is 3.21. The van der Waals surface area contributed by atoms with Gasteiger partial charge in [-0.05, 0) is 35.9 Å². The molecule has 0 fully saturated rings. The van der Waals surface area contributed by atoms with Gasteiger partial charge in [-0.15, -0.1) is 0 Å². The normalized spacial score (nSPS) is 10.4. The number of pyridine rings is 1.